The van der Waals surface area contributed by atoms with Crippen molar-refractivity contribution in [3.8, 4) is 5.75 Å². The second-order valence-electron chi connectivity index (χ2n) is 5.52. The van der Waals surface area contributed by atoms with Crippen LogP contribution in [-0.4, -0.2) is 54.0 Å². The molecule has 1 aliphatic rings. The molecule has 0 spiro atoms. The average Bonchev–Trinajstić information content (AvgIpc) is 2.54. The van der Waals surface area contributed by atoms with Gasteiger partial charge in [0, 0.05) is 31.9 Å². The molecule has 1 aromatic carbocycles. The molecular weight excluding hydrogens is 352 g/mol. The van der Waals surface area contributed by atoms with Crippen molar-refractivity contribution in [1.82, 2.24) is 14.3 Å². The predicted molar refractivity (Wildman–Crippen MR) is 90.9 cm³/mol. The molecule has 0 saturated carbocycles. The van der Waals surface area contributed by atoms with Crippen molar-refractivity contribution in [3.63, 3.8) is 0 Å². The van der Waals surface area contributed by atoms with Gasteiger partial charge in [-0.25, -0.2) is 18.4 Å². The fraction of sp³-hybridized carbons (Fsp3) is 0.333. The van der Waals surface area contributed by atoms with Crippen LogP contribution < -0.4 is 4.90 Å². The minimum absolute atomic E-state index is 0.0345. The lowest BCUT2D eigenvalue weighted by molar-refractivity contribution is 0.382. The molecule has 3 rings (SSSR count). The van der Waals surface area contributed by atoms with Gasteiger partial charge >= 0.3 is 0 Å². The monoisotopic (exact) mass is 368 g/mol. The van der Waals surface area contributed by atoms with Crippen molar-refractivity contribution in [2.24, 2.45) is 0 Å². The highest BCUT2D eigenvalue weighted by molar-refractivity contribution is 7.89. The van der Waals surface area contributed by atoms with E-state index in [1.165, 1.54) is 28.6 Å². The molecule has 0 amide bonds. The summed E-state index contributed by atoms with van der Waals surface area (Å²) in [4.78, 5) is 10.6. The van der Waals surface area contributed by atoms with Crippen LogP contribution in [0.25, 0.3) is 0 Å². The van der Waals surface area contributed by atoms with Crippen LogP contribution in [0, 0.1) is 6.92 Å². The van der Waals surface area contributed by atoms with E-state index < -0.39 is 10.0 Å². The molecule has 1 aliphatic heterocycles. The summed E-state index contributed by atoms with van der Waals surface area (Å²) in [5.41, 5.74) is 0.768. The third-order valence-corrected chi connectivity index (χ3v) is 5.91. The SMILES string of the molecule is Cc1cc(Cl)nc(N2CCN(S(=O)(=O)c3ccc(O)cc3)CC2)n1. The molecule has 1 N–H and O–H groups in total. The fourth-order valence-corrected chi connectivity index (χ4v) is 4.21. The minimum atomic E-state index is -3.57. The topological polar surface area (TPSA) is 86.6 Å². The Morgan fingerprint density at radius 1 is 1.08 bits per heavy atom. The highest BCUT2D eigenvalue weighted by Crippen LogP contribution is 2.22. The number of nitrogens with zero attached hydrogens (tertiary/aromatic N) is 4. The first-order chi connectivity index (χ1) is 11.4. The van der Waals surface area contributed by atoms with Crippen molar-refractivity contribution < 1.29 is 13.5 Å². The number of piperazine rings is 1. The average molecular weight is 369 g/mol. The first-order valence-corrected chi connectivity index (χ1v) is 9.23. The number of phenolic OH excluding ortho intramolecular Hbond substituents is 1. The Morgan fingerprint density at radius 3 is 2.29 bits per heavy atom. The Kier molecular flexibility index (Phi) is 4.62. The van der Waals surface area contributed by atoms with Gasteiger partial charge in [-0.15, -0.1) is 0 Å². The summed E-state index contributed by atoms with van der Waals surface area (Å²) in [7, 11) is -3.57. The van der Waals surface area contributed by atoms with E-state index in [0.717, 1.165) is 5.69 Å². The van der Waals surface area contributed by atoms with Crippen LogP contribution in [0.5, 0.6) is 5.75 Å². The van der Waals surface area contributed by atoms with E-state index in [0.29, 0.717) is 37.3 Å². The van der Waals surface area contributed by atoms with Crippen molar-refractivity contribution >= 4 is 27.6 Å². The molecule has 128 valence electrons. The van der Waals surface area contributed by atoms with Gasteiger partial charge in [-0.3, -0.25) is 0 Å². The predicted octanol–water partition coefficient (Wildman–Crippen LogP) is 1.65. The summed E-state index contributed by atoms with van der Waals surface area (Å²) >= 11 is 5.96. The number of aromatic nitrogens is 2. The smallest absolute Gasteiger partial charge is 0.243 e. The number of hydrogen-bond donors (Lipinski definition) is 1. The van der Waals surface area contributed by atoms with E-state index in [2.05, 4.69) is 9.97 Å². The van der Waals surface area contributed by atoms with Crippen molar-refractivity contribution in [2.75, 3.05) is 31.1 Å². The molecule has 0 bridgehead atoms. The van der Waals surface area contributed by atoms with Gasteiger partial charge in [-0.05, 0) is 37.3 Å². The number of rotatable bonds is 3. The van der Waals surface area contributed by atoms with Crippen LogP contribution in [0.2, 0.25) is 5.15 Å². The molecule has 1 fully saturated rings. The summed E-state index contributed by atoms with van der Waals surface area (Å²) in [5, 5.41) is 9.67. The maximum atomic E-state index is 12.6. The largest absolute Gasteiger partial charge is 0.508 e. The van der Waals surface area contributed by atoms with Crippen molar-refractivity contribution in [2.45, 2.75) is 11.8 Å². The second kappa shape index (κ2) is 6.54. The van der Waals surface area contributed by atoms with E-state index >= 15 is 0 Å². The molecule has 2 heterocycles. The van der Waals surface area contributed by atoms with E-state index in [1.807, 2.05) is 11.8 Å². The van der Waals surface area contributed by atoms with Gasteiger partial charge in [-0.1, -0.05) is 11.6 Å². The van der Waals surface area contributed by atoms with Crippen molar-refractivity contribution in [1.29, 1.82) is 0 Å². The summed E-state index contributed by atoms with van der Waals surface area (Å²) in [6.45, 7) is 3.47. The second-order valence-corrected chi connectivity index (χ2v) is 7.84. The zero-order chi connectivity index (χ0) is 17.3. The number of hydrogen-bond acceptors (Lipinski definition) is 6. The van der Waals surface area contributed by atoms with Crippen LogP contribution in [0.15, 0.2) is 35.2 Å². The highest BCUT2D eigenvalue weighted by atomic mass is 35.5. The lowest BCUT2D eigenvalue weighted by Crippen LogP contribution is -2.49. The molecule has 9 heteroatoms. The van der Waals surface area contributed by atoms with Gasteiger partial charge in [0.15, 0.2) is 0 Å². The molecule has 1 saturated heterocycles. The Bertz CT molecular complexity index is 814. The van der Waals surface area contributed by atoms with Crippen LogP contribution in [0.4, 0.5) is 5.95 Å². The van der Waals surface area contributed by atoms with Crippen LogP contribution in [0.3, 0.4) is 0 Å². The number of phenols is 1. The fourth-order valence-electron chi connectivity index (χ4n) is 2.55. The Balaban J connectivity index is 1.73. The first kappa shape index (κ1) is 16.9. The van der Waals surface area contributed by atoms with Gasteiger partial charge in [0.05, 0.1) is 4.90 Å². The van der Waals surface area contributed by atoms with E-state index in [-0.39, 0.29) is 10.6 Å². The number of benzene rings is 1. The van der Waals surface area contributed by atoms with Crippen molar-refractivity contribution in [3.05, 3.63) is 41.2 Å². The molecule has 1 aromatic heterocycles. The molecular formula is C15H17ClN4O3S. The van der Waals surface area contributed by atoms with Crippen LogP contribution in [0.1, 0.15) is 5.69 Å². The summed E-state index contributed by atoms with van der Waals surface area (Å²) < 4.78 is 26.7. The van der Waals surface area contributed by atoms with E-state index in [9.17, 15) is 13.5 Å². The lowest BCUT2D eigenvalue weighted by Gasteiger charge is -2.34. The summed E-state index contributed by atoms with van der Waals surface area (Å²) in [6.07, 6.45) is 0. The Labute approximate surface area is 145 Å². The molecule has 0 aliphatic carbocycles. The zero-order valence-corrected chi connectivity index (χ0v) is 14.6. The third-order valence-electron chi connectivity index (χ3n) is 3.81. The zero-order valence-electron chi connectivity index (χ0n) is 13.1. The van der Waals surface area contributed by atoms with Gasteiger partial charge < -0.3 is 10.0 Å². The number of halogens is 1. The van der Waals surface area contributed by atoms with Gasteiger partial charge in [0.1, 0.15) is 10.9 Å². The number of anilines is 1. The maximum absolute atomic E-state index is 12.6. The molecule has 7 nitrogen and oxygen atoms in total. The Morgan fingerprint density at radius 2 is 1.71 bits per heavy atom. The minimum Gasteiger partial charge on any atom is -0.508 e. The van der Waals surface area contributed by atoms with Crippen LogP contribution >= 0.6 is 11.6 Å². The van der Waals surface area contributed by atoms with E-state index in [1.54, 1.807) is 6.07 Å². The van der Waals surface area contributed by atoms with Crippen LogP contribution in [-0.2, 0) is 10.0 Å². The first-order valence-electron chi connectivity index (χ1n) is 7.41. The van der Waals surface area contributed by atoms with Gasteiger partial charge in [-0.2, -0.15) is 4.31 Å². The molecule has 0 atom stereocenters. The lowest BCUT2D eigenvalue weighted by atomic mass is 10.3. The Hall–Kier alpha value is -1.90. The summed E-state index contributed by atoms with van der Waals surface area (Å²) in [6, 6.07) is 7.22. The van der Waals surface area contributed by atoms with E-state index in [4.69, 9.17) is 11.6 Å². The third kappa shape index (κ3) is 3.45. The quantitative estimate of drug-likeness (QED) is 0.829. The molecule has 0 radical (unpaired) electrons. The summed E-state index contributed by atoms with van der Waals surface area (Å²) in [5.74, 6) is 0.550. The highest BCUT2D eigenvalue weighted by Gasteiger charge is 2.29. The number of aromatic hydroxyl groups is 1. The maximum Gasteiger partial charge on any atom is 0.243 e. The van der Waals surface area contributed by atoms with Gasteiger partial charge in [0.25, 0.3) is 0 Å². The molecule has 2 aromatic rings. The molecule has 0 unspecified atom stereocenters. The number of sulfonamides is 1. The molecule has 24 heavy (non-hydrogen) atoms. The number of aryl methyl sites for hydroxylation is 1. The normalized spacial score (nSPS) is 16.3. The standard InChI is InChI=1S/C15H17ClN4O3S/c1-11-10-14(16)18-15(17-11)19-6-8-20(9-7-19)24(22,23)13-4-2-12(21)3-5-13/h2-5,10,21H,6-9H2,1H3. The van der Waals surface area contributed by atoms with Gasteiger partial charge in [0.2, 0.25) is 16.0 Å².